The molecule has 23 aromatic carbocycles. The van der Waals surface area contributed by atoms with Gasteiger partial charge in [-0.1, -0.05) is 315 Å². The van der Waals surface area contributed by atoms with Gasteiger partial charge in [0.05, 0.1) is 0 Å². The molecule has 0 spiro atoms. The van der Waals surface area contributed by atoms with Crippen molar-refractivity contribution in [2.24, 2.45) is 0 Å². The first-order valence-electron chi connectivity index (χ1n) is 40.5. The maximum absolute atomic E-state index is 2.39. The van der Waals surface area contributed by atoms with Crippen LogP contribution in [0.5, 0.6) is 0 Å². The molecule has 0 N–H and O–H groups in total. The Hall–Kier alpha value is -15.1. The highest BCUT2D eigenvalue weighted by molar-refractivity contribution is 6.28. The lowest BCUT2D eigenvalue weighted by atomic mass is 9.92. The van der Waals surface area contributed by atoms with Crippen molar-refractivity contribution in [1.82, 2.24) is 0 Å². The molecule has 4 aliphatic rings. The predicted octanol–water partition coefficient (Wildman–Crippen LogP) is 32.7. The van der Waals surface area contributed by atoms with E-state index in [0.717, 1.165) is 0 Å². The summed E-state index contributed by atoms with van der Waals surface area (Å²) in [4.78, 5) is 0. The molecule has 27 rings (SSSR count). The first kappa shape index (κ1) is 63.5. The summed E-state index contributed by atoms with van der Waals surface area (Å²) in [5, 5.41) is 28.7. The van der Waals surface area contributed by atoms with E-state index in [1.807, 2.05) is 0 Å². The van der Waals surface area contributed by atoms with Crippen LogP contribution in [0.4, 0.5) is 0 Å². The van der Waals surface area contributed by atoms with Gasteiger partial charge in [0, 0.05) is 0 Å². The van der Waals surface area contributed by atoms with Gasteiger partial charge in [-0.2, -0.15) is 0 Å². The van der Waals surface area contributed by atoms with Crippen LogP contribution in [-0.4, -0.2) is 0 Å². The maximum atomic E-state index is 2.39. The molecular formula is C116H66. The Balaban J connectivity index is 0.000000127. The van der Waals surface area contributed by atoms with Crippen LogP contribution in [0, 0.1) is 0 Å². The molecule has 0 aliphatic heterocycles. The summed E-state index contributed by atoms with van der Waals surface area (Å²) >= 11 is 0. The second-order valence-corrected chi connectivity index (χ2v) is 32.4. The average Bonchev–Trinajstić information content (AvgIpc) is 1.57. The molecule has 4 aliphatic carbocycles. The summed E-state index contributed by atoms with van der Waals surface area (Å²) in [5.41, 5.74) is 36.3. The van der Waals surface area contributed by atoms with Crippen molar-refractivity contribution < 1.29 is 0 Å². The molecule has 530 valence electrons. The van der Waals surface area contributed by atoms with E-state index in [4.69, 9.17) is 0 Å². The van der Waals surface area contributed by atoms with E-state index in [0.29, 0.717) is 0 Å². The van der Waals surface area contributed by atoms with Crippen LogP contribution in [0.15, 0.2) is 400 Å². The zero-order chi connectivity index (χ0) is 75.5. The Morgan fingerprint density at radius 2 is 0.250 bits per heavy atom. The van der Waals surface area contributed by atoms with Crippen LogP contribution in [0.25, 0.3) is 274 Å². The lowest BCUT2D eigenvalue weighted by molar-refractivity contribution is 1.61. The molecule has 0 heterocycles. The Morgan fingerprint density at radius 1 is 0.0862 bits per heavy atom. The van der Waals surface area contributed by atoms with Crippen LogP contribution in [0.3, 0.4) is 0 Å². The van der Waals surface area contributed by atoms with Crippen LogP contribution in [-0.2, 0) is 0 Å². The maximum Gasteiger partial charge on any atom is -0.00199 e. The third kappa shape index (κ3) is 9.44. The van der Waals surface area contributed by atoms with Crippen molar-refractivity contribution in [2.45, 2.75) is 0 Å². The first-order chi connectivity index (χ1) is 57.4. The molecule has 0 saturated carbocycles. The monoisotopic (exact) mass is 1460 g/mol. The fourth-order valence-corrected chi connectivity index (χ4v) is 20.8. The number of hydrogen-bond acceptors (Lipinski definition) is 0. The van der Waals surface area contributed by atoms with Gasteiger partial charge in [-0.25, -0.2) is 0 Å². The highest BCUT2D eigenvalue weighted by Gasteiger charge is 2.28. The van der Waals surface area contributed by atoms with Crippen molar-refractivity contribution in [3.05, 3.63) is 400 Å². The fraction of sp³-hybridized carbons (Fsp3) is 0. The van der Waals surface area contributed by atoms with Crippen LogP contribution in [0.2, 0.25) is 0 Å². The average molecular weight is 1460 g/mol. The summed E-state index contributed by atoms with van der Waals surface area (Å²) in [5.74, 6) is 0. The lowest BCUT2D eigenvalue weighted by Gasteiger charge is -2.12. The van der Waals surface area contributed by atoms with Gasteiger partial charge < -0.3 is 0 Å². The molecule has 0 radical (unpaired) electrons. The SMILES string of the molecule is c1ccc2c(c1)-c1cccc3c1c-2cc1ccc(-c2ccc(-c4ccc5cc(-c6ccc7cc8c9c(cccc9c7c6)-c6ccccc6-8)ccc5c4)cc2)cc13.c1ccc2c(c1)-c1cccc3c1c-2cc1ccc(-c2ccc4cc(-c5ccc6cc(-c7ccc8cc9c%10c(cccc%10c8c7)-c7ccccc7-9)ccc6c5)ccc4c2)cc13. The second-order valence-electron chi connectivity index (χ2n) is 32.4. The Morgan fingerprint density at radius 3 is 0.474 bits per heavy atom. The van der Waals surface area contributed by atoms with Crippen molar-refractivity contribution >= 4 is 118 Å². The standard InChI is InChI=1S/C60H34.C56H32/c1-3-9-49-47(7-1)51-11-5-13-53-55-31-43(23-25-45(55)33-57(49)59(51)53)41-21-19-37-27-35(15-17-39(37)29-41)36-16-18-40-30-42(22-20-38(40)28-36)44-24-26-46-34-58-50-10-4-2-8-48(50)52-12-6-14-54(60(52)58)56(46)32-44;1-3-9-45-43(7-1)47-11-5-13-49-51-29-39(23-25-41(51)31-53(45)55(47)49)34-17-15-33(16-18-34)35-19-20-37-28-38(22-21-36(37)27-35)40-24-26-42-32-54-46-10-4-2-8-44(46)48-12-6-14-50(56(48)54)52(42)30-40/h1-34H;1-32H. The summed E-state index contributed by atoms with van der Waals surface area (Å²) < 4.78 is 0. The van der Waals surface area contributed by atoms with Crippen molar-refractivity contribution in [3.63, 3.8) is 0 Å². The van der Waals surface area contributed by atoms with Gasteiger partial charge in [0.2, 0.25) is 0 Å². The molecule has 116 heavy (non-hydrogen) atoms. The zero-order valence-electron chi connectivity index (χ0n) is 63.1. The topological polar surface area (TPSA) is 0 Å². The normalized spacial score (nSPS) is 12.3. The summed E-state index contributed by atoms with van der Waals surface area (Å²) in [6.45, 7) is 0. The lowest BCUT2D eigenvalue weighted by Crippen LogP contribution is -1.85. The molecule has 0 saturated heterocycles. The van der Waals surface area contributed by atoms with Gasteiger partial charge in [0.1, 0.15) is 0 Å². The van der Waals surface area contributed by atoms with Gasteiger partial charge in [0.25, 0.3) is 0 Å². The van der Waals surface area contributed by atoms with Crippen LogP contribution >= 0.6 is 0 Å². The molecule has 23 aromatic rings. The Kier molecular flexibility index (Phi) is 13.3. The number of hydrogen-bond donors (Lipinski definition) is 0. The van der Waals surface area contributed by atoms with Crippen molar-refractivity contribution in [3.8, 4) is 156 Å². The molecule has 0 bridgehead atoms. The highest BCUT2D eigenvalue weighted by atomic mass is 14.3. The molecule has 0 heteroatoms. The third-order valence-electron chi connectivity index (χ3n) is 26.3. The molecule has 0 nitrogen and oxygen atoms in total. The van der Waals surface area contributed by atoms with Gasteiger partial charge >= 0.3 is 0 Å². The van der Waals surface area contributed by atoms with E-state index >= 15 is 0 Å². The van der Waals surface area contributed by atoms with Crippen LogP contribution in [0.1, 0.15) is 0 Å². The summed E-state index contributed by atoms with van der Waals surface area (Å²) in [6.07, 6.45) is 0. The Labute approximate surface area is 670 Å². The Bertz CT molecular complexity index is 8120. The van der Waals surface area contributed by atoms with E-state index in [-0.39, 0.29) is 0 Å². The number of benzene rings is 23. The van der Waals surface area contributed by atoms with Crippen LogP contribution < -0.4 is 0 Å². The van der Waals surface area contributed by atoms with Gasteiger partial charge in [-0.05, 0) is 359 Å². The number of rotatable bonds is 6. The van der Waals surface area contributed by atoms with E-state index in [1.54, 1.807) is 0 Å². The molecule has 0 aromatic heterocycles. The second kappa shape index (κ2) is 24.2. The summed E-state index contributed by atoms with van der Waals surface area (Å²) in [7, 11) is 0. The fourth-order valence-electron chi connectivity index (χ4n) is 20.8. The third-order valence-corrected chi connectivity index (χ3v) is 26.3. The zero-order valence-corrected chi connectivity index (χ0v) is 63.1. The molecule has 0 unspecified atom stereocenters. The van der Waals surface area contributed by atoms with Gasteiger partial charge in [-0.3, -0.25) is 0 Å². The van der Waals surface area contributed by atoms with E-state index < -0.39 is 0 Å². The minimum atomic E-state index is 1.23. The van der Waals surface area contributed by atoms with Gasteiger partial charge in [-0.15, -0.1) is 0 Å². The van der Waals surface area contributed by atoms with E-state index in [9.17, 15) is 0 Å². The molecule has 0 amide bonds. The minimum Gasteiger partial charge on any atom is -0.0616 e. The molecular weight excluding hydrogens is 1390 g/mol. The smallest absolute Gasteiger partial charge is 0.00199 e. The van der Waals surface area contributed by atoms with E-state index in [1.165, 1.54) is 274 Å². The highest BCUT2D eigenvalue weighted by Crippen LogP contribution is 2.55. The largest absolute Gasteiger partial charge is 0.0616 e. The molecule has 0 fully saturated rings. The predicted molar refractivity (Wildman–Crippen MR) is 496 cm³/mol. The number of fused-ring (bicyclic) bond motifs is 23. The quantitative estimate of drug-likeness (QED) is 0.146. The van der Waals surface area contributed by atoms with Crippen molar-refractivity contribution in [2.75, 3.05) is 0 Å². The van der Waals surface area contributed by atoms with Crippen molar-refractivity contribution in [1.29, 1.82) is 0 Å². The first-order valence-corrected chi connectivity index (χ1v) is 40.5. The van der Waals surface area contributed by atoms with E-state index in [2.05, 4.69) is 400 Å². The minimum absolute atomic E-state index is 1.23. The molecule has 0 atom stereocenters. The summed E-state index contributed by atoms with van der Waals surface area (Å²) in [6, 6.07) is 150. The van der Waals surface area contributed by atoms with Gasteiger partial charge in [0.15, 0.2) is 0 Å².